The molecule has 0 bridgehead atoms. The van der Waals surface area contributed by atoms with E-state index < -0.39 is 0 Å². The predicted octanol–water partition coefficient (Wildman–Crippen LogP) is 2.60. The van der Waals surface area contributed by atoms with Crippen LogP contribution >= 0.6 is 0 Å². The molecule has 0 unspecified atom stereocenters. The number of aryl methyl sites for hydroxylation is 1. The molecule has 0 saturated heterocycles. The highest BCUT2D eigenvalue weighted by atomic mass is 15.1. The summed E-state index contributed by atoms with van der Waals surface area (Å²) < 4.78 is 2.23. The summed E-state index contributed by atoms with van der Waals surface area (Å²) in [6.45, 7) is 3.00. The van der Waals surface area contributed by atoms with E-state index >= 15 is 0 Å². The molecule has 5 nitrogen and oxygen atoms in total. The van der Waals surface area contributed by atoms with Crippen LogP contribution in [-0.4, -0.2) is 26.1 Å². The Labute approximate surface area is 118 Å². The first-order valence-electron chi connectivity index (χ1n) is 7.52. The fourth-order valence-electron chi connectivity index (χ4n) is 2.98. The summed E-state index contributed by atoms with van der Waals surface area (Å²) in [5.74, 6) is 1.85. The Kier molecular flexibility index (Phi) is 2.72. The molecule has 0 radical (unpaired) electrons. The lowest BCUT2D eigenvalue weighted by atomic mass is 10.2. The fraction of sp³-hybridized carbons (Fsp3) is 0.533. The first-order valence-corrected chi connectivity index (χ1v) is 7.52. The third kappa shape index (κ3) is 1.88. The molecule has 2 aliphatic carbocycles. The van der Waals surface area contributed by atoms with Crippen molar-refractivity contribution in [3.63, 3.8) is 0 Å². The zero-order valence-electron chi connectivity index (χ0n) is 11.8. The van der Waals surface area contributed by atoms with Crippen molar-refractivity contribution in [1.82, 2.24) is 19.5 Å². The van der Waals surface area contributed by atoms with Gasteiger partial charge in [-0.3, -0.25) is 0 Å². The van der Waals surface area contributed by atoms with E-state index in [1.807, 2.05) is 12.5 Å². The zero-order valence-corrected chi connectivity index (χ0v) is 11.8. The molecule has 0 spiro atoms. The Morgan fingerprint density at radius 3 is 3.00 bits per heavy atom. The molecule has 0 aliphatic heterocycles. The number of nitrogens with one attached hydrogen (secondary N) is 1. The number of hydrogen-bond acceptors (Lipinski definition) is 4. The molecule has 2 aromatic heterocycles. The SMILES string of the molecule is CCNc1nc(-c2cncn2C2CC2)nc2c1CCC2. The second-order valence-corrected chi connectivity index (χ2v) is 5.62. The number of anilines is 1. The molecule has 0 amide bonds. The highest BCUT2D eigenvalue weighted by Crippen LogP contribution is 2.38. The van der Waals surface area contributed by atoms with Gasteiger partial charge in [0.15, 0.2) is 5.82 Å². The molecule has 5 heteroatoms. The molecule has 4 rings (SSSR count). The number of aromatic nitrogens is 4. The summed E-state index contributed by atoms with van der Waals surface area (Å²) in [5.41, 5.74) is 3.59. The number of nitrogens with zero attached hydrogens (tertiary/aromatic N) is 4. The average Bonchev–Trinajstić information content (AvgIpc) is 3.01. The van der Waals surface area contributed by atoms with Crippen molar-refractivity contribution >= 4 is 5.82 Å². The van der Waals surface area contributed by atoms with E-state index in [1.54, 1.807) is 0 Å². The second-order valence-electron chi connectivity index (χ2n) is 5.62. The van der Waals surface area contributed by atoms with Gasteiger partial charge in [-0.2, -0.15) is 0 Å². The van der Waals surface area contributed by atoms with E-state index in [4.69, 9.17) is 9.97 Å². The lowest BCUT2D eigenvalue weighted by molar-refractivity contribution is 0.742. The number of imidazole rings is 1. The lowest BCUT2D eigenvalue weighted by Crippen LogP contribution is -2.08. The van der Waals surface area contributed by atoms with Crippen LogP contribution in [0.15, 0.2) is 12.5 Å². The summed E-state index contributed by atoms with van der Waals surface area (Å²) >= 11 is 0. The third-order valence-electron chi connectivity index (χ3n) is 4.11. The van der Waals surface area contributed by atoms with Gasteiger partial charge in [-0.15, -0.1) is 0 Å². The third-order valence-corrected chi connectivity index (χ3v) is 4.11. The molecule has 1 N–H and O–H groups in total. The van der Waals surface area contributed by atoms with Crippen LogP contribution in [-0.2, 0) is 12.8 Å². The summed E-state index contributed by atoms with van der Waals surface area (Å²) in [7, 11) is 0. The molecule has 2 aromatic rings. The number of rotatable bonds is 4. The molecule has 1 fully saturated rings. The Morgan fingerprint density at radius 2 is 2.20 bits per heavy atom. The van der Waals surface area contributed by atoms with Gasteiger partial charge in [0.05, 0.1) is 12.5 Å². The maximum absolute atomic E-state index is 4.80. The molecule has 1 saturated carbocycles. The second kappa shape index (κ2) is 4.58. The zero-order chi connectivity index (χ0) is 13.5. The quantitative estimate of drug-likeness (QED) is 0.927. The summed E-state index contributed by atoms with van der Waals surface area (Å²) in [6.07, 6.45) is 9.65. The highest BCUT2D eigenvalue weighted by molar-refractivity contribution is 5.58. The van der Waals surface area contributed by atoms with Crippen LogP contribution in [0, 0.1) is 0 Å². The van der Waals surface area contributed by atoms with Gasteiger partial charge >= 0.3 is 0 Å². The summed E-state index contributed by atoms with van der Waals surface area (Å²) in [4.78, 5) is 13.9. The Hall–Kier alpha value is -1.91. The number of hydrogen-bond donors (Lipinski definition) is 1. The largest absolute Gasteiger partial charge is 0.370 e. The molecular weight excluding hydrogens is 250 g/mol. The van der Waals surface area contributed by atoms with Gasteiger partial charge < -0.3 is 9.88 Å². The summed E-state index contributed by atoms with van der Waals surface area (Å²) in [6, 6.07) is 0.604. The summed E-state index contributed by atoms with van der Waals surface area (Å²) in [5, 5.41) is 3.39. The van der Waals surface area contributed by atoms with E-state index in [0.717, 1.165) is 36.7 Å². The normalized spacial score (nSPS) is 17.2. The van der Waals surface area contributed by atoms with E-state index in [9.17, 15) is 0 Å². The van der Waals surface area contributed by atoms with Crippen LogP contribution in [0.2, 0.25) is 0 Å². The van der Waals surface area contributed by atoms with E-state index in [1.165, 1.54) is 30.5 Å². The minimum atomic E-state index is 0.604. The molecule has 20 heavy (non-hydrogen) atoms. The van der Waals surface area contributed by atoms with Crippen molar-refractivity contribution in [3.8, 4) is 11.5 Å². The maximum atomic E-state index is 4.80. The van der Waals surface area contributed by atoms with Gasteiger partial charge in [0, 0.05) is 23.8 Å². The predicted molar refractivity (Wildman–Crippen MR) is 77.7 cm³/mol. The van der Waals surface area contributed by atoms with Gasteiger partial charge in [-0.05, 0) is 39.0 Å². The molecule has 104 valence electrons. The van der Waals surface area contributed by atoms with Gasteiger partial charge in [0.2, 0.25) is 0 Å². The molecule has 0 aromatic carbocycles. The van der Waals surface area contributed by atoms with Crippen molar-refractivity contribution < 1.29 is 0 Å². The van der Waals surface area contributed by atoms with Crippen molar-refractivity contribution in [3.05, 3.63) is 23.8 Å². The van der Waals surface area contributed by atoms with Crippen molar-refractivity contribution in [2.75, 3.05) is 11.9 Å². The Bertz CT molecular complexity index is 642. The van der Waals surface area contributed by atoms with E-state index in [-0.39, 0.29) is 0 Å². The lowest BCUT2D eigenvalue weighted by Gasteiger charge is -2.12. The minimum absolute atomic E-state index is 0.604. The first-order chi connectivity index (χ1) is 9.86. The Balaban J connectivity index is 1.81. The van der Waals surface area contributed by atoms with Gasteiger partial charge in [-0.25, -0.2) is 15.0 Å². The monoisotopic (exact) mass is 269 g/mol. The van der Waals surface area contributed by atoms with Gasteiger partial charge in [-0.1, -0.05) is 0 Å². The molecular formula is C15H19N5. The standard InChI is InChI=1S/C15H19N5/c1-2-17-14-11-4-3-5-12(11)18-15(19-14)13-8-16-9-20(13)10-6-7-10/h8-10H,2-7H2,1H3,(H,17,18,19). The van der Waals surface area contributed by atoms with Crippen molar-refractivity contribution in [2.24, 2.45) is 0 Å². The van der Waals surface area contributed by atoms with Crippen LogP contribution in [0.5, 0.6) is 0 Å². The van der Waals surface area contributed by atoms with Crippen LogP contribution in [0.25, 0.3) is 11.5 Å². The smallest absolute Gasteiger partial charge is 0.180 e. The number of fused-ring (bicyclic) bond motifs is 1. The minimum Gasteiger partial charge on any atom is -0.370 e. The van der Waals surface area contributed by atoms with Crippen LogP contribution in [0.4, 0.5) is 5.82 Å². The van der Waals surface area contributed by atoms with E-state index in [2.05, 4.69) is 21.8 Å². The van der Waals surface area contributed by atoms with Crippen molar-refractivity contribution in [2.45, 2.75) is 45.1 Å². The topological polar surface area (TPSA) is 55.6 Å². The fourth-order valence-corrected chi connectivity index (χ4v) is 2.98. The maximum Gasteiger partial charge on any atom is 0.180 e. The van der Waals surface area contributed by atoms with Crippen LogP contribution < -0.4 is 5.32 Å². The molecule has 2 heterocycles. The first kappa shape index (κ1) is 11.9. The van der Waals surface area contributed by atoms with Crippen LogP contribution in [0.3, 0.4) is 0 Å². The van der Waals surface area contributed by atoms with E-state index in [0.29, 0.717) is 6.04 Å². The van der Waals surface area contributed by atoms with Gasteiger partial charge in [0.1, 0.15) is 11.5 Å². The average molecular weight is 269 g/mol. The molecule has 0 atom stereocenters. The Morgan fingerprint density at radius 1 is 1.30 bits per heavy atom. The highest BCUT2D eigenvalue weighted by Gasteiger charge is 2.27. The van der Waals surface area contributed by atoms with Crippen molar-refractivity contribution in [1.29, 1.82) is 0 Å². The van der Waals surface area contributed by atoms with Gasteiger partial charge in [0.25, 0.3) is 0 Å². The molecule has 2 aliphatic rings. The van der Waals surface area contributed by atoms with Crippen LogP contribution in [0.1, 0.15) is 43.5 Å².